The molecule has 110 valence electrons. The smallest absolute Gasteiger partial charge is 0.340 e. The Labute approximate surface area is 122 Å². The average Bonchev–Trinajstić information content (AvgIpc) is 2.44. The van der Waals surface area contributed by atoms with E-state index in [-0.39, 0.29) is 23.1 Å². The molecule has 0 atom stereocenters. The quantitative estimate of drug-likeness (QED) is 0.759. The second-order valence-electron chi connectivity index (χ2n) is 4.37. The zero-order valence-corrected chi connectivity index (χ0v) is 12.2. The van der Waals surface area contributed by atoms with Gasteiger partial charge in [0, 0.05) is 13.6 Å². The molecule has 0 N–H and O–H groups in total. The van der Waals surface area contributed by atoms with Crippen molar-refractivity contribution in [2.24, 2.45) is 0 Å². The highest BCUT2D eigenvalue weighted by atomic mass is 35.5. The summed E-state index contributed by atoms with van der Waals surface area (Å²) in [5.41, 5.74) is -0.0873. The van der Waals surface area contributed by atoms with Crippen molar-refractivity contribution in [2.45, 2.75) is 19.8 Å². The standard InChI is InChI=1S/C14H17ClFNO3/c1-3-4-7-17(2)13(18)9-20-14(19)11-8-10(16)5-6-12(11)15/h5-6,8H,3-4,7,9H2,1-2H3. The fourth-order valence-electron chi connectivity index (χ4n) is 1.49. The third kappa shape index (κ3) is 4.81. The summed E-state index contributed by atoms with van der Waals surface area (Å²) < 4.78 is 17.9. The lowest BCUT2D eigenvalue weighted by molar-refractivity contribution is -0.133. The molecule has 0 aliphatic carbocycles. The van der Waals surface area contributed by atoms with E-state index in [1.807, 2.05) is 6.92 Å². The lowest BCUT2D eigenvalue weighted by Gasteiger charge is -2.16. The Balaban J connectivity index is 2.55. The summed E-state index contributed by atoms with van der Waals surface area (Å²) in [5.74, 6) is -1.71. The fraction of sp³-hybridized carbons (Fsp3) is 0.429. The number of halogens is 2. The van der Waals surface area contributed by atoms with E-state index in [0.29, 0.717) is 6.54 Å². The summed E-state index contributed by atoms with van der Waals surface area (Å²) in [6.07, 6.45) is 1.85. The molecule has 0 spiro atoms. The van der Waals surface area contributed by atoms with Crippen LogP contribution in [-0.2, 0) is 9.53 Å². The third-order valence-electron chi connectivity index (χ3n) is 2.75. The van der Waals surface area contributed by atoms with Crippen LogP contribution in [0.15, 0.2) is 18.2 Å². The number of hydrogen-bond acceptors (Lipinski definition) is 3. The van der Waals surface area contributed by atoms with Gasteiger partial charge in [0.05, 0.1) is 10.6 Å². The normalized spacial score (nSPS) is 10.2. The largest absolute Gasteiger partial charge is 0.452 e. The molecule has 0 saturated heterocycles. The van der Waals surface area contributed by atoms with Crippen LogP contribution in [0, 0.1) is 5.82 Å². The molecule has 0 fully saturated rings. The van der Waals surface area contributed by atoms with Crippen molar-refractivity contribution in [1.82, 2.24) is 4.90 Å². The lowest BCUT2D eigenvalue weighted by Crippen LogP contribution is -2.32. The van der Waals surface area contributed by atoms with Gasteiger partial charge in [-0.05, 0) is 24.6 Å². The third-order valence-corrected chi connectivity index (χ3v) is 3.08. The van der Waals surface area contributed by atoms with E-state index < -0.39 is 11.8 Å². The van der Waals surface area contributed by atoms with Crippen molar-refractivity contribution < 1.29 is 18.7 Å². The maximum atomic E-state index is 13.0. The van der Waals surface area contributed by atoms with Crippen molar-refractivity contribution in [3.8, 4) is 0 Å². The first-order valence-corrected chi connectivity index (χ1v) is 6.69. The van der Waals surface area contributed by atoms with Gasteiger partial charge in [0.1, 0.15) is 5.82 Å². The summed E-state index contributed by atoms with van der Waals surface area (Å²) in [6, 6.07) is 3.39. The molecular formula is C14H17ClFNO3. The molecule has 0 unspecified atom stereocenters. The van der Waals surface area contributed by atoms with Gasteiger partial charge in [-0.1, -0.05) is 24.9 Å². The molecule has 0 aliphatic rings. The van der Waals surface area contributed by atoms with Gasteiger partial charge in [0.15, 0.2) is 6.61 Å². The van der Waals surface area contributed by atoms with E-state index >= 15 is 0 Å². The van der Waals surface area contributed by atoms with Crippen molar-refractivity contribution in [3.63, 3.8) is 0 Å². The molecule has 0 bridgehead atoms. The minimum absolute atomic E-state index is 0.0863. The van der Waals surface area contributed by atoms with Crippen LogP contribution in [0.4, 0.5) is 4.39 Å². The van der Waals surface area contributed by atoms with Crippen LogP contribution in [0.5, 0.6) is 0 Å². The SMILES string of the molecule is CCCCN(C)C(=O)COC(=O)c1cc(F)ccc1Cl. The van der Waals surface area contributed by atoms with Crippen LogP contribution in [-0.4, -0.2) is 37.0 Å². The van der Waals surface area contributed by atoms with Gasteiger partial charge < -0.3 is 9.64 Å². The molecule has 0 radical (unpaired) electrons. The van der Waals surface area contributed by atoms with Crippen molar-refractivity contribution in [3.05, 3.63) is 34.6 Å². The topological polar surface area (TPSA) is 46.6 Å². The molecule has 6 heteroatoms. The van der Waals surface area contributed by atoms with Crippen LogP contribution < -0.4 is 0 Å². The number of hydrogen-bond donors (Lipinski definition) is 0. The molecule has 1 amide bonds. The summed E-state index contributed by atoms with van der Waals surface area (Å²) >= 11 is 5.77. The van der Waals surface area contributed by atoms with Crippen LogP contribution in [0.3, 0.4) is 0 Å². The number of carbonyl (C=O) groups is 2. The number of ether oxygens (including phenoxy) is 1. The van der Waals surface area contributed by atoms with Gasteiger partial charge >= 0.3 is 5.97 Å². The minimum Gasteiger partial charge on any atom is -0.452 e. The highest BCUT2D eigenvalue weighted by Gasteiger charge is 2.16. The average molecular weight is 302 g/mol. The van der Waals surface area contributed by atoms with Gasteiger partial charge in [0.2, 0.25) is 0 Å². The van der Waals surface area contributed by atoms with E-state index in [2.05, 4.69) is 0 Å². The lowest BCUT2D eigenvalue weighted by atomic mass is 10.2. The number of benzene rings is 1. The first-order chi connectivity index (χ1) is 9.45. The Bertz CT molecular complexity index is 493. The molecule has 1 aromatic rings. The van der Waals surface area contributed by atoms with Gasteiger partial charge in [0.25, 0.3) is 5.91 Å². The zero-order valence-electron chi connectivity index (χ0n) is 11.5. The van der Waals surface area contributed by atoms with Crippen molar-refractivity contribution in [2.75, 3.05) is 20.2 Å². The number of amides is 1. The highest BCUT2D eigenvalue weighted by Crippen LogP contribution is 2.17. The predicted molar refractivity (Wildman–Crippen MR) is 74.2 cm³/mol. The molecule has 20 heavy (non-hydrogen) atoms. The number of esters is 1. The maximum absolute atomic E-state index is 13.0. The van der Waals surface area contributed by atoms with Crippen LogP contribution in [0.2, 0.25) is 5.02 Å². The van der Waals surface area contributed by atoms with Gasteiger partial charge in [-0.3, -0.25) is 4.79 Å². The van der Waals surface area contributed by atoms with Gasteiger partial charge in [-0.15, -0.1) is 0 Å². The summed E-state index contributed by atoms with van der Waals surface area (Å²) in [7, 11) is 1.64. The molecule has 0 aliphatic heterocycles. The van der Waals surface area contributed by atoms with E-state index in [9.17, 15) is 14.0 Å². The molecule has 0 heterocycles. The molecule has 1 aromatic carbocycles. The Morgan fingerprint density at radius 3 is 2.75 bits per heavy atom. The predicted octanol–water partition coefficient (Wildman–Crippen LogP) is 2.89. The molecular weight excluding hydrogens is 285 g/mol. The molecule has 0 aromatic heterocycles. The summed E-state index contributed by atoms with van der Waals surface area (Å²) in [4.78, 5) is 24.9. The Kier molecular flexibility index (Phi) is 6.45. The van der Waals surface area contributed by atoms with Gasteiger partial charge in [-0.25, -0.2) is 9.18 Å². The first kappa shape index (κ1) is 16.4. The van der Waals surface area contributed by atoms with E-state index in [1.54, 1.807) is 7.05 Å². The fourth-order valence-corrected chi connectivity index (χ4v) is 1.68. The number of carbonyl (C=O) groups excluding carboxylic acids is 2. The molecule has 4 nitrogen and oxygen atoms in total. The van der Waals surface area contributed by atoms with Crippen LogP contribution >= 0.6 is 11.6 Å². The second-order valence-corrected chi connectivity index (χ2v) is 4.78. The highest BCUT2D eigenvalue weighted by molar-refractivity contribution is 6.33. The summed E-state index contributed by atoms with van der Waals surface area (Å²) in [6.45, 7) is 2.24. The Morgan fingerprint density at radius 1 is 1.40 bits per heavy atom. The van der Waals surface area contributed by atoms with E-state index in [0.717, 1.165) is 25.0 Å². The van der Waals surface area contributed by atoms with Crippen molar-refractivity contribution >= 4 is 23.5 Å². The molecule has 1 rings (SSSR count). The minimum atomic E-state index is -0.813. The van der Waals surface area contributed by atoms with E-state index in [4.69, 9.17) is 16.3 Å². The first-order valence-electron chi connectivity index (χ1n) is 6.31. The number of nitrogens with zero attached hydrogens (tertiary/aromatic N) is 1. The van der Waals surface area contributed by atoms with Gasteiger partial charge in [-0.2, -0.15) is 0 Å². The molecule has 0 saturated carbocycles. The number of likely N-dealkylation sites (N-methyl/N-ethyl adjacent to an activating group) is 1. The van der Waals surface area contributed by atoms with Crippen LogP contribution in [0.25, 0.3) is 0 Å². The number of rotatable bonds is 6. The number of unbranched alkanes of at least 4 members (excludes halogenated alkanes) is 1. The summed E-state index contributed by atoms with van der Waals surface area (Å²) in [5, 5.41) is 0.0863. The second kappa shape index (κ2) is 7.85. The van der Waals surface area contributed by atoms with Crippen molar-refractivity contribution in [1.29, 1.82) is 0 Å². The van der Waals surface area contributed by atoms with E-state index in [1.165, 1.54) is 11.0 Å². The zero-order chi connectivity index (χ0) is 15.1. The van der Waals surface area contributed by atoms with Crippen LogP contribution in [0.1, 0.15) is 30.1 Å². The monoisotopic (exact) mass is 301 g/mol. The Hall–Kier alpha value is -1.62. The Morgan fingerprint density at radius 2 is 2.10 bits per heavy atom. The maximum Gasteiger partial charge on any atom is 0.340 e.